The molecule has 2 aliphatic rings. The van der Waals surface area contributed by atoms with Gasteiger partial charge in [-0.05, 0) is 43.2 Å². The lowest BCUT2D eigenvalue weighted by Gasteiger charge is -2.29. The summed E-state index contributed by atoms with van der Waals surface area (Å²) in [5, 5.41) is 12.6. The number of anilines is 3. The number of carbonyl (C=O) groups is 1. The Kier molecular flexibility index (Phi) is 5.92. The van der Waals surface area contributed by atoms with E-state index in [1.807, 2.05) is 29.2 Å². The average Bonchev–Trinajstić information content (AvgIpc) is 3.21. The maximum Gasteiger partial charge on any atom is 0.232 e. The summed E-state index contributed by atoms with van der Waals surface area (Å²) in [7, 11) is 0. The van der Waals surface area contributed by atoms with Gasteiger partial charge in [0.1, 0.15) is 0 Å². The Balaban J connectivity index is 1.44. The molecule has 2 aromatic rings. The van der Waals surface area contributed by atoms with Crippen LogP contribution in [0.15, 0.2) is 42.7 Å². The van der Waals surface area contributed by atoms with Gasteiger partial charge in [-0.25, -0.2) is 9.97 Å². The molecule has 0 saturated carbocycles. The molecule has 4 rings (SSSR count). The number of morpholine rings is 1. The number of carbonyl (C=O) groups excluding carboxylic acids is 1. The molecule has 0 bridgehead atoms. The molecule has 1 aromatic heterocycles. The highest BCUT2D eigenvalue weighted by Gasteiger charge is 2.44. The van der Waals surface area contributed by atoms with Crippen LogP contribution < -0.4 is 15.1 Å². The Labute approximate surface area is 170 Å². The van der Waals surface area contributed by atoms with Gasteiger partial charge in [0.25, 0.3) is 0 Å². The van der Waals surface area contributed by atoms with Crippen molar-refractivity contribution in [1.82, 2.24) is 9.97 Å². The van der Waals surface area contributed by atoms with Crippen molar-refractivity contribution in [3.8, 4) is 0 Å². The molecular formula is C21H27N5O3. The van der Waals surface area contributed by atoms with Crippen LogP contribution in [0, 0.1) is 5.41 Å². The molecular weight excluding hydrogens is 370 g/mol. The fraction of sp³-hybridized carbons (Fsp3) is 0.476. The van der Waals surface area contributed by atoms with Crippen molar-refractivity contribution >= 4 is 23.2 Å². The first-order chi connectivity index (χ1) is 14.2. The molecule has 1 atom stereocenters. The van der Waals surface area contributed by atoms with E-state index < -0.39 is 5.41 Å². The first kappa shape index (κ1) is 19.6. The monoisotopic (exact) mass is 397 g/mol. The second-order valence-corrected chi connectivity index (χ2v) is 7.57. The molecule has 29 heavy (non-hydrogen) atoms. The topological polar surface area (TPSA) is 90.8 Å². The number of nitrogens with zero attached hydrogens (tertiary/aromatic N) is 4. The molecule has 1 aromatic carbocycles. The van der Waals surface area contributed by atoms with Gasteiger partial charge in [-0.2, -0.15) is 0 Å². The van der Waals surface area contributed by atoms with Crippen LogP contribution in [-0.4, -0.2) is 67.0 Å². The van der Waals surface area contributed by atoms with Crippen molar-refractivity contribution in [3.05, 3.63) is 42.7 Å². The summed E-state index contributed by atoms with van der Waals surface area (Å²) in [5.74, 6) is 0.555. The Morgan fingerprint density at radius 2 is 1.83 bits per heavy atom. The molecule has 1 unspecified atom stereocenters. The molecule has 8 nitrogen and oxygen atoms in total. The van der Waals surface area contributed by atoms with Crippen molar-refractivity contribution in [1.29, 1.82) is 0 Å². The number of amides is 1. The van der Waals surface area contributed by atoms with E-state index in [0.717, 1.165) is 37.7 Å². The highest BCUT2D eigenvalue weighted by molar-refractivity contribution is 5.96. The molecule has 3 heterocycles. The molecule has 2 N–H and O–H groups in total. The largest absolute Gasteiger partial charge is 0.396 e. The van der Waals surface area contributed by atoms with Crippen LogP contribution in [0.5, 0.6) is 0 Å². The van der Waals surface area contributed by atoms with Crippen LogP contribution in [-0.2, 0) is 9.53 Å². The van der Waals surface area contributed by atoms with Gasteiger partial charge in [-0.15, -0.1) is 0 Å². The van der Waals surface area contributed by atoms with Crippen LogP contribution in [0.2, 0.25) is 0 Å². The van der Waals surface area contributed by atoms with E-state index in [4.69, 9.17) is 4.74 Å². The number of hydrogen-bond acceptors (Lipinski definition) is 7. The molecule has 1 amide bonds. The summed E-state index contributed by atoms with van der Waals surface area (Å²) in [6.45, 7) is 4.38. The van der Waals surface area contributed by atoms with E-state index in [0.29, 0.717) is 31.9 Å². The minimum atomic E-state index is -0.656. The van der Waals surface area contributed by atoms with Gasteiger partial charge < -0.3 is 25.0 Å². The number of ether oxygens (including phenoxy) is 1. The number of aliphatic hydroxyl groups excluding tert-OH is 1. The third kappa shape index (κ3) is 4.33. The normalized spacial score (nSPS) is 22.0. The summed E-state index contributed by atoms with van der Waals surface area (Å²) in [6.07, 6.45) is 4.46. The van der Waals surface area contributed by atoms with Gasteiger partial charge in [0.15, 0.2) is 0 Å². The number of rotatable bonds is 6. The van der Waals surface area contributed by atoms with Gasteiger partial charge in [-0.1, -0.05) is 0 Å². The average molecular weight is 397 g/mol. The second-order valence-electron chi connectivity index (χ2n) is 7.57. The number of benzene rings is 1. The van der Waals surface area contributed by atoms with Crippen molar-refractivity contribution in [2.75, 3.05) is 61.1 Å². The summed E-state index contributed by atoms with van der Waals surface area (Å²) in [5.41, 5.74) is 1.24. The Morgan fingerprint density at radius 1 is 1.10 bits per heavy atom. The third-order valence-corrected chi connectivity index (χ3v) is 5.76. The zero-order valence-electron chi connectivity index (χ0n) is 16.5. The SMILES string of the molecule is O=C(Nc1ccc(N2CCOCC2)cc1)C1(CCO)CCN(c2ncccn2)C1. The minimum absolute atomic E-state index is 0.0348. The standard InChI is InChI=1S/C21H27N5O3/c27-13-7-21(6-10-26(16-21)20-22-8-1-9-23-20)19(28)24-17-2-4-18(5-3-17)25-11-14-29-15-12-25/h1-5,8-9,27H,6-7,10-16H2,(H,24,28). The second kappa shape index (κ2) is 8.75. The Hall–Kier alpha value is -2.71. The minimum Gasteiger partial charge on any atom is -0.396 e. The first-order valence-corrected chi connectivity index (χ1v) is 10.1. The maximum absolute atomic E-state index is 13.2. The van der Waals surface area contributed by atoms with E-state index in [-0.39, 0.29) is 12.5 Å². The lowest BCUT2D eigenvalue weighted by Crippen LogP contribution is -2.40. The predicted octanol–water partition coefficient (Wildman–Crippen LogP) is 1.53. The van der Waals surface area contributed by atoms with Gasteiger partial charge >= 0.3 is 0 Å². The molecule has 0 spiro atoms. The summed E-state index contributed by atoms with van der Waals surface area (Å²) in [4.78, 5) is 26.0. The molecule has 2 aliphatic heterocycles. The van der Waals surface area contributed by atoms with E-state index in [1.165, 1.54) is 0 Å². The van der Waals surface area contributed by atoms with Crippen LogP contribution in [0.3, 0.4) is 0 Å². The predicted molar refractivity (Wildman–Crippen MR) is 111 cm³/mol. The molecule has 8 heteroatoms. The third-order valence-electron chi connectivity index (χ3n) is 5.76. The smallest absolute Gasteiger partial charge is 0.232 e. The number of aromatic nitrogens is 2. The zero-order chi connectivity index (χ0) is 20.1. The van der Waals surface area contributed by atoms with Crippen LogP contribution in [0.1, 0.15) is 12.8 Å². The fourth-order valence-corrected chi connectivity index (χ4v) is 4.06. The lowest BCUT2D eigenvalue weighted by molar-refractivity contribution is -0.125. The van der Waals surface area contributed by atoms with Crippen molar-refractivity contribution in [2.45, 2.75) is 12.8 Å². The molecule has 2 saturated heterocycles. The van der Waals surface area contributed by atoms with E-state index in [2.05, 4.69) is 20.2 Å². The van der Waals surface area contributed by atoms with E-state index >= 15 is 0 Å². The Bertz CT molecular complexity index is 811. The highest BCUT2D eigenvalue weighted by atomic mass is 16.5. The maximum atomic E-state index is 13.2. The summed E-state index contributed by atoms with van der Waals surface area (Å²) < 4.78 is 5.40. The van der Waals surface area contributed by atoms with Crippen LogP contribution in [0.4, 0.5) is 17.3 Å². The quantitative estimate of drug-likeness (QED) is 0.764. The lowest BCUT2D eigenvalue weighted by atomic mass is 9.82. The molecule has 0 aliphatic carbocycles. The van der Waals surface area contributed by atoms with E-state index in [1.54, 1.807) is 18.5 Å². The molecule has 2 fully saturated rings. The zero-order valence-corrected chi connectivity index (χ0v) is 16.5. The summed E-state index contributed by atoms with van der Waals surface area (Å²) >= 11 is 0. The van der Waals surface area contributed by atoms with Crippen molar-refractivity contribution < 1.29 is 14.6 Å². The van der Waals surface area contributed by atoms with Crippen LogP contribution in [0.25, 0.3) is 0 Å². The Morgan fingerprint density at radius 3 is 2.52 bits per heavy atom. The van der Waals surface area contributed by atoms with E-state index in [9.17, 15) is 9.90 Å². The number of nitrogens with one attached hydrogen (secondary N) is 1. The highest BCUT2D eigenvalue weighted by Crippen LogP contribution is 2.36. The summed E-state index contributed by atoms with van der Waals surface area (Å²) in [6, 6.07) is 9.69. The number of hydrogen-bond donors (Lipinski definition) is 2. The van der Waals surface area contributed by atoms with Crippen molar-refractivity contribution in [3.63, 3.8) is 0 Å². The van der Waals surface area contributed by atoms with Gasteiger partial charge in [0.2, 0.25) is 11.9 Å². The van der Waals surface area contributed by atoms with Crippen LogP contribution >= 0.6 is 0 Å². The van der Waals surface area contributed by atoms with Gasteiger partial charge in [0.05, 0.1) is 18.6 Å². The first-order valence-electron chi connectivity index (χ1n) is 10.1. The molecule has 0 radical (unpaired) electrons. The molecule has 154 valence electrons. The van der Waals surface area contributed by atoms with Gasteiger partial charge in [-0.3, -0.25) is 4.79 Å². The van der Waals surface area contributed by atoms with Gasteiger partial charge in [0, 0.05) is 56.6 Å². The number of aliphatic hydroxyl groups is 1. The van der Waals surface area contributed by atoms with Crippen molar-refractivity contribution in [2.24, 2.45) is 5.41 Å². The fourth-order valence-electron chi connectivity index (χ4n) is 4.06.